The Balaban J connectivity index is 1.85. The number of hydrogen-bond donors (Lipinski definition) is 1. The molecule has 108 valence electrons. The van der Waals surface area contributed by atoms with Crippen molar-refractivity contribution in [1.82, 2.24) is 9.78 Å². The Bertz CT molecular complexity index is 555. The summed E-state index contributed by atoms with van der Waals surface area (Å²) in [7, 11) is 0. The molecule has 2 fully saturated rings. The summed E-state index contributed by atoms with van der Waals surface area (Å²) in [4.78, 5) is 23.5. The van der Waals surface area contributed by atoms with Gasteiger partial charge in [-0.25, -0.2) is 4.79 Å². The minimum atomic E-state index is -0.756. The Kier molecular flexibility index (Phi) is 3.19. The normalized spacial score (nSPS) is 28.6. The first-order valence-corrected chi connectivity index (χ1v) is 6.41. The second kappa shape index (κ2) is 4.88. The maximum Gasteiger partial charge on any atom is 0.343 e. The van der Waals surface area contributed by atoms with Crippen LogP contribution in [0.3, 0.4) is 0 Å². The van der Waals surface area contributed by atoms with Gasteiger partial charge in [-0.05, 0) is 6.92 Å². The van der Waals surface area contributed by atoms with Gasteiger partial charge in [0.05, 0.1) is 19.3 Å². The van der Waals surface area contributed by atoms with Gasteiger partial charge in [-0.1, -0.05) is 0 Å². The van der Waals surface area contributed by atoms with Crippen molar-refractivity contribution in [1.29, 1.82) is 0 Å². The number of fused-ring (bicyclic) bond motifs is 2. The lowest BCUT2D eigenvalue weighted by atomic mass is 10.0. The summed E-state index contributed by atoms with van der Waals surface area (Å²) in [5, 5.41) is 4.09. The van der Waals surface area contributed by atoms with E-state index in [0.717, 1.165) is 0 Å². The van der Waals surface area contributed by atoms with E-state index in [4.69, 9.17) is 19.9 Å². The summed E-state index contributed by atoms with van der Waals surface area (Å²) < 4.78 is 17.1. The van der Waals surface area contributed by atoms with E-state index < -0.39 is 12.3 Å². The highest BCUT2D eigenvalue weighted by Crippen LogP contribution is 2.33. The van der Waals surface area contributed by atoms with Crippen LogP contribution >= 0.6 is 0 Å². The van der Waals surface area contributed by atoms with E-state index >= 15 is 0 Å². The van der Waals surface area contributed by atoms with Gasteiger partial charge in [0.15, 0.2) is 11.6 Å². The molecule has 2 aliphatic rings. The molecule has 2 N–H and O–H groups in total. The van der Waals surface area contributed by atoms with Gasteiger partial charge in [0.25, 0.3) is 0 Å². The Labute approximate surface area is 114 Å². The summed E-state index contributed by atoms with van der Waals surface area (Å²) in [6, 6.07) is -0.313. The molecule has 3 atom stereocenters. The molecule has 8 nitrogen and oxygen atoms in total. The first-order valence-electron chi connectivity index (χ1n) is 6.41. The standard InChI is InChI=1S/C12H15N3O5/c1-2-18-11(17)6-4-15(14-10(6)13)7-3-8(16)12-19-5-9(7)20-12/h4,7,9,12H,2-3,5H2,1H3,(H2,13,14)/t7-,9+,12+/m1/s1. The summed E-state index contributed by atoms with van der Waals surface area (Å²) in [6.45, 7) is 2.30. The fraction of sp³-hybridized carbons (Fsp3) is 0.583. The van der Waals surface area contributed by atoms with Crippen molar-refractivity contribution in [3.8, 4) is 0 Å². The zero-order valence-electron chi connectivity index (χ0n) is 10.9. The number of esters is 1. The zero-order valence-corrected chi connectivity index (χ0v) is 10.9. The minimum absolute atomic E-state index is 0.0805. The number of rotatable bonds is 3. The Morgan fingerprint density at radius 2 is 2.45 bits per heavy atom. The van der Waals surface area contributed by atoms with Gasteiger partial charge in [-0.2, -0.15) is 5.10 Å². The van der Waals surface area contributed by atoms with Crippen LogP contribution in [0.25, 0.3) is 0 Å². The molecule has 0 unspecified atom stereocenters. The van der Waals surface area contributed by atoms with Crippen molar-refractivity contribution in [2.24, 2.45) is 0 Å². The predicted octanol–water partition coefficient (Wildman–Crippen LogP) is -0.103. The number of carbonyl (C=O) groups excluding carboxylic acids is 2. The molecule has 2 bridgehead atoms. The number of carbonyl (C=O) groups is 2. The number of aromatic nitrogens is 2. The van der Waals surface area contributed by atoms with E-state index in [1.54, 1.807) is 6.92 Å². The van der Waals surface area contributed by atoms with Crippen LogP contribution in [0.4, 0.5) is 5.82 Å². The maximum absolute atomic E-state index is 11.7. The minimum Gasteiger partial charge on any atom is -0.462 e. The third-order valence-electron chi connectivity index (χ3n) is 3.41. The SMILES string of the molecule is CCOC(=O)c1cn([C@@H]2CC(=O)[C@H]3OC[C@@H]2O3)nc1N. The number of ether oxygens (including phenoxy) is 3. The highest BCUT2D eigenvalue weighted by molar-refractivity contribution is 5.93. The zero-order chi connectivity index (χ0) is 14.3. The second-order valence-corrected chi connectivity index (χ2v) is 4.71. The molecule has 0 aromatic carbocycles. The molecule has 0 amide bonds. The largest absolute Gasteiger partial charge is 0.462 e. The van der Waals surface area contributed by atoms with Gasteiger partial charge < -0.3 is 19.9 Å². The van der Waals surface area contributed by atoms with E-state index in [2.05, 4.69) is 5.10 Å². The lowest BCUT2D eigenvalue weighted by Gasteiger charge is -2.26. The smallest absolute Gasteiger partial charge is 0.343 e. The molecule has 20 heavy (non-hydrogen) atoms. The van der Waals surface area contributed by atoms with Gasteiger partial charge in [0.2, 0.25) is 6.29 Å². The van der Waals surface area contributed by atoms with Crippen molar-refractivity contribution in [3.05, 3.63) is 11.8 Å². The second-order valence-electron chi connectivity index (χ2n) is 4.71. The topological polar surface area (TPSA) is 106 Å². The van der Waals surface area contributed by atoms with Gasteiger partial charge in [0, 0.05) is 12.6 Å². The van der Waals surface area contributed by atoms with E-state index in [0.29, 0.717) is 6.61 Å². The number of ketones is 1. The number of nitrogen functional groups attached to an aromatic ring is 1. The Morgan fingerprint density at radius 3 is 3.20 bits per heavy atom. The van der Waals surface area contributed by atoms with Crippen LogP contribution in [0.5, 0.6) is 0 Å². The fourth-order valence-corrected chi connectivity index (χ4v) is 2.43. The molecule has 2 saturated heterocycles. The lowest BCUT2D eigenvalue weighted by Crippen LogP contribution is -2.37. The van der Waals surface area contributed by atoms with Crippen LogP contribution < -0.4 is 5.73 Å². The molecule has 0 spiro atoms. The van der Waals surface area contributed by atoms with Crippen molar-refractivity contribution in [3.63, 3.8) is 0 Å². The monoisotopic (exact) mass is 281 g/mol. The number of nitrogens with two attached hydrogens (primary N) is 1. The van der Waals surface area contributed by atoms with Crippen LogP contribution in [-0.4, -0.2) is 47.1 Å². The molecule has 2 aliphatic heterocycles. The number of nitrogens with zero attached hydrogens (tertiary/aromatic N) is 2. The molecule has 0 saturated carbocycles. The number of hydrogen-bond acceptors (Lipinski definition) is 7. The molecule has 8 heteroatoms. The molecule has 1 aromatic heterocycles. The summed E-state index contributed by atoms with van der Waals surface area (Å²) in [6.07, 6.45) is 0.729. The van der Waals surface area contributed by atoms with Crippen molar-refractivity contribution >= 4 is 17.6 Å². The molecule has 3 rings (SSSR count). The van der Waals surface area contributed by atoms with Crippen molar-refractivity contribution in [2.45, 2.75) is 31.8 Å². The summed E-state index contributed by atoms with van der Waals surface area (Å²) in [5.74, 6) is -0.577. The number of anilines is 1. The fourth-order valence-electron chi connectivity index (χ4n) is 2.43. The van der Waals surface area contributed by atoms with Crippen LogP contribution in [0.2, 0.25) is 0 Å². The highest BCUT2D eigenvalue weighted by atomic mass is 16.7. The van der Waals surface area contributed by atoms with Gasteiger partial charge in [-0.3, -0.25) is 9.48 Å². The van der Waals surface area contributed by atoms with Gasteiger partial charge in [0.1, 0.15) is 11.7 Å². The quantitative estimate of drug-likeness (QED) is 0.771. The predicted molar refractivity (Wildman–Crippen MR) is 65.9 cm³/mol. The van der Waals surface area contributed by atoms with Gasteiger partial charge >= 0.3 is 5.97 Å². The molecule has 1 aromatic rings. The average molecular weight is 281 g/mol. The first kappa shape index (κ1) is 13.1. The van der Waals surface area contributed by atoms with E-state index in [9.17, 15) is 9.59 Å². The molecular weight excluding hydrogens is 266 g/mol. The summed E-state index contributed by atoms with van der Waals surface area (Å²) >= 11 is 0. The summed E-state index contributed by atoms with van der Waals surface area (Å²) in [5.41, 5.74) is 5.92. The third kappa shape index (κ3) is 2.06. The average Bonchev–Trinajstić information content (AvgIpc) is 3.00. The first-order chi connectivity index (χ1) is 9.60. The Morgan fingerprint density at radius 1 is 1.65 bits per heavy atom. The van der Waals surface area contributed by atoms with Crippen LogP contribution in [-0.2, 0) is 19.0 Å². The van der Waals surface area contributed by atoms with Crippen molar-refractivity contribution in [2.75, 3.05) is 18.9 Å². The number of Topliss-reactive ketones (excluding diaryl/α,β-unsaturated/α-hetero) is 1. The van der Waals surface area contributed by atoms with Crippen molar-refractivity contribution < 1.29 is 23.8 Å². The molecular formula is C12H15N3O5. The lowest BCUT2D eigenvalue weighted by molar-refractivity contribution is -0.156. The Hall–Kier alpha value is -1.93. The van der Waals surface area contributed by atoms with E-state index in [-0.39, 0.29) is 42.3 Å². The van der Waals surface area contributed by atoms with E-state index in [1.165, 1.54) is 10.9 Å². The highest BCUT2D eigenvalue weighted by Gasteiger charge is 2.44. The molecule has 0 radical (unpaired) electrons. The van der Waals surface area contributed by atoms with E-state index in [1.807, 2.05) is 0 Å². The van der Waals surface area contributed by atoms with Crippen LogP contribution in [0, 0.1) is 0 Å². The van der Waals surface area contributed by atoms with Crippen LogP contribution in [0.1, 0.15) is 29.7 Å². The third-order valence-corrected chi connectivity index (χ3v) is 3.41. The molecule has 0 aliphatic carbocycles. The van der Waals surface area contributed by atoms with Crippen LogP contribution in [0.15, 0.2) is 6.20 Å². The maximum atomic E-state index is 11.7. The molecule has 3 heterocycles. The van der Waals surface area contributed by atoms with Gasteiger partial charge in [-0.15, -0.1) is 0 Å².